The van der Waals surface area contributed by atoms with Crippen LogP contribution in [0.2, 0.25) is 0 Å². The van der Waals surface area contributed by atoms with Crippen molar-refractivity contribution >= 4 is 15.9 Å². The van der Waals surface area contributed by atoms with Gasteiger partial charge in [-0.2, -0.15) is 0 Å². The molecule has 1 aliphatic carbocycles. The van der Waals surface area contributed by atoms with E-state index in [2.05, 4.69) is 15.9 Å². The third-order valence-corrected chi connectivity index (χ3v) is 3.20. The van der Waals surface area contributed by atoms with E-state index in [1.165, 1.54) is 0 Å². The summed E-state index contributed by atoms with van der Waals surface area (Å²) in [5.74, 6) is 0.831. The summed E-state index contributed by atoms with van der Waals surface area (Å²) in [6.07, 6.45) is 3.62. The number of furan rings is 1. The second-order valence-electron chi connectivity index (χ2n) is 3.50. The van der Waals surface area contributed by atoms with Crippen LogP contribution in [0.25, 0.3) is 0 Å². The van der Waals surface area contributed by atoms with Crippen LogP contribution >= 0.6 is 15.9 Å². The van der Waals surface area contributed by atoms with E-state index < -0.39 is 5.60 Å². The number of nitrogens with two attached hydrogens (primary N) is 1. The Balaban J connectivity index is 2.35. The van der Waals surface area contributed by atoms with Crippen molar-refractivity contribution in [2.24, 2.45) is 11.7 Å². The van der Waals surface area contributed by atoms with E-state index in [1.807, 2.05) is 0 Å². The fourth-order valence-corrected chi connectivity index (χ4v) is 2.15. The Bertz CT molecular complexity index is 308. The van der Waals surface area contributed by atoms with E-state index in [0.717, 1.165) is 17.3 Å². The summed E-state index contributed by atoms with van der Waals surface area (Å²) in [6.45, 7) is 0.212. The Morgan fingerprint density at radius 1 is 1.69 bits per heavy atom. The zero-order valence-corrected chi connectivity index (χ0v) is 8.75. The topological polar surface area (TPSA) is 59.4 Å². The van der Waals surface area contributed by atoms with Crippen LogP contribution in [0.1, 0.15) is 18.6 Å². The summed E-state index contributed by atoms with van der Waals surface area (Å²) in [4.78, 5) is 0. The van der Waals surface area contributed by atoms with Crippen molar-refractivity contribution < 1.29 is 9.52 Å². The minimum atomic E-state index is -0.970. The maximum atomic E-state index is 10.3. The lowest BCUT2D eigenvalue weighted by molar-refractivity contribution is 0.000304. The van der Waals surface area contributed by atoms with Crippen LogP contribution in [-0.4, -0.2) is 11.7 Å². The number of hydrogen-bond acceptors (Lipinski definition) is 3. The van der Waals surface area contributed by atoms with Gasteiger partial charge in [-0.15, -0.1) is 0 Å². The zero-order chi connectivity index (χ0) is 9.47. The lowest BCUT2D eigenvalue weighted by Gasteiger charge is -2.24. The van der Waals surface area contributed by atoms with Gasteiger partial charge in [0.1, 0.15) is 5.60 Å². The lowest BCUT2D eigenvalue weighted by atomic mass is 9.95. The molecule has 72 valence electrons. The number of rotatable bonds is 3. The van der Waals surface area contributed by atoms with Gasteiger partial charge in [-0.3, -0.25) is 0 Å². The number of aliphatic hydroxyl groups is 1. The first-order valence-corrected chi connectivity index (χ1v) is 5.13. The van der Waals surface area contributed by atoms with Gasteiger partial charge < -0.3 is 15.3 Å². The van der Waals surface area contributed by atoms with E-state index in [4.69, 9.17) is 10.2 Å². The Morgan fingerprint density at radius 2 is 2.38 bits per heavy atom. The van der Waals surface area contributed by atoms with Crippen LogP contribution in [0.15, 0.2) is 21.2 Å². The maximum absolute atomic E-state index is 10.3. The molecule has 1 atom stereocenters. The van der Waals surface area contributed by atoms with Gasteiger partial charge in [0.05, 0.1) is 10.7 Å². The van der Waals surface area contributed by atoms with E-state index in [-0.39, 0.29) is 12.5 Å². The molecule has 1 heterocycles. The zero-order valence-electron chi connectivity index (χ0n) is 7.16. The minimum absolute atomic E-state index is 0.212. The average Bonchev–Trinajstić information content (AvgIpc) is 2.89. The van der Waals surface area contributed by atoms with E-state index in [9.17, 15) is 5.11 Å². The molecule has 1 unspecified atom stereocenters. The van der Waals surface area contributed by atoms with Crippen molar-refractivity contribution in [1.29, 1.82) is 0 Å². The second-order valence-corrected chi connectivity index (χ2v) is 4.35. The summed E-state index contributed by atoms with van der Waals surface area (Å²) in [6, 6.07) is 1.78. The molecule has 3 nitrogen and oxygen atoms in total. The standard InChI is InChI=1S/C9H12BrNO2/c10-7-3-4-13-8(7)9(12,5-11)6-1-2-6/h3-4,6,12H,1-2,5,11H2. The van der Waals surface area contributed by atoms with E-state index in [1.54, 1.807) is 12.3 Å². The molecule has 0 spiro atoms. The smallest absolute Gasteiger partial charge is 0.151 e. The molecule has 0 amide bonds. The average molecular weight is 246 g/mol. The Labute approximate surface area is 85.0 Å². The van der Waals surface area contributed by atoms with Gasteiger partial charge in [-0.25, -0.2) is 0 Å². The largest absolute Gasteiger partial charge is 0.465 e. The molecule has 0 aliphatic heterocycles. The molecule has 1 aliphatic rings. The first-order valence-electron chi connectivity index (χ1n) is 4.34. The van der Waals surface area contributed by atoms with Crippen LogP contribution in [0.5, 0.6) is 0 Å². The normalized spacial score (nSPS) is 21.5. The molecule has 2 rings (SSSR count). The molecule has 1 aromatic rings. The van der Waals surface area contributed by atoms with Crippen molar-refractivity contribution in [1.82, 2.24) is 0 Å². The highest BCUT2D eigenvalue weighted by molar-refractivity contribution is 9.10. The lowest BCUT2D eigenvalue weighted by Crippen LogP contribution is -2.37. The van der Waals surface area contributed by atoms with Crippen LogP contribution in [-0.2, 0) is 5.60 Å². The first-order chi connectivity index (χ1) is 6.18. The van der Waals surface area contributed by atoms with Gasteiger partial charge in [-0.1, -0.05) is 0 Å². The third kappa shape index (κ3) is 1.43. The summed E-state index contributed by atoms with van der Waals surface area (Å²) >= 11 is 3.33. The highest BCUT2D eigenvalue weighted by atomic mass is 79.9. The highest BCUT2D eigenvalue weighted by Crippen LogP contribution is 2.47. The predicted molar refractivity (Wildman–Crippen MR) is 52.1 cm³/mol. The van der Waals surface area contributed by atoms with Crippen molar-refractivity contribution in [2.75, 3.05) is 6.54 Å². The van der Waals surface area contributed by atoms with E-state index in [0.29, 0.717) is 5.76 Å². The summed E-state index contributed by atoms with van der Waals surface area (Å²) < 4.78 is 6.04. The minimum Gasteiger partial charge on any atom is -0.465 e. The quantitative estimate of drug-likeness (QED) is 0.851. The molecule has 1 saturated carbocycles. The van der Waals surface area contributed by atoms with Crippen molar-refractivity contribution in [2.45, 2.75) is 18.4 Å². The summed E-state index contributed by atoms with van der Waals surface area (Å²) in [7, 11) is 0. The first kappa shape index (κ1) is 9.24. The fourth-order valence-electron chi connectivity index (χ4n) is 1.61. The molecule has 0 bridgehead atoms. The van der Waals surface area contributed by atoms with Crippen LogP contribution in [0.3, 0.4) is 0 Å². The molecule has 0 radical (unpaired) electrons. The van der Waals surface area contributed by atoms with Crippen LogP contribution in [0.4, 0.5) is 0 Å². The predicted octanol–water partition coefficient (Wildman–Crippen LogP) is 1.60. The molecule has 1 fully saturated rings. The van der Waals surface area contributed by atoms with Gasteiger partial charge >= 0.3 is 0 Å². The number of hydrogen-bond donors (Lipinski definition) is 2. The Kier molecular flexibility index (Phi) is 2.21. The molecular formula is C9H12BrNO2. The molecular weight excluding hydrogens is 234 g/mol. The SMILES string of the molecule is NCC(O)(c1occc1Br)C1CC1. The van der Waals surface area contributed by atoms with Crippen molar-refractivity contribution in [3.05, 3.63) is 22.6 Å². The van der Waals surface area contributed by atoms with Crippen LogP contribution < -0.4 is 5.73 Å². The van der Waals surface area contributed by atoms with Crippen molar-refractivity contribution in [3.63, 3.8) is 0 Å². The molecule has 4 heteroatoms. The van der Waals surface area contributed by atoms with Crippen LogP contribution in [0, 0.1) is 5.92 Å². The Morgan fingerprint density at radius 3 is 2.77 bits per heavy atom. The molecule has 13 heavy (non-hydrogen) atoms. The molecule has 0 aromatic carbocycles. The summed E-state index contributed by atoms with van der Waals surface area (Å²) in [5.41, 5.74) is 4.61. The van der Waals surface area contributed by atoms with Gasteiger partial charge in [0.15, 0.2) is 5.76 Å². The molecule has 0 saturated heterocycles. The second kappa shape index (κ2) is 3.12. The Hall–Kier alpha value is -0.320. The van der Waals surface area contributed by atoms with Gasteiger partial charge in [-0.05, 0) is 40.8 Å². The fraction of sp³-hybridized carbons (Fsp3) is 0.556. The maximum Gasteiger partial charge on any atom is 0.151 e. The highest BCUT2D eigenvalue weighted by Gasteiger charge is 2.47. The van der Waals surface area contributed by atoms with Gasteiger partial charge in [0.25, 0.3) is 0 Å². The molecule has 3 N–H and O–H groups in total. The summed E-state index contributed by atoms with van der Waals surface area (Å²) in [5, 5.41) is 10.3. The van der Waals surface area contributed by atoms with Crippen molar-refractivity contribution in [3.8, 4) is 0 Å². The number of halogens is 1. The third-order valence-electron chi connectivity index (χ3n) is 2.57. The van der Waals surface area contributed by atoms with Gasteiger partial charge in [0.2, 0.25) is 0 Å². The molecule has 1 aromatic heterocycles. The van der Waals surface area contributed by atoms with E-state index >= 15 is 0 Å². The van der Waals surface area contributed by atoms with Gasteiger partial charge in [0, 0.05) is 6.54 Å². The monoisotopic (exact) mass is 245 g/mol.